The average Bonchev–Trinajstić information content (AvgIpc) is 2.89. The number of hydrogen-bond donors (Lipinski definition) is 0. The van der Waals surface area contributed by atoms with E-state index in [0.717, 1.165) is 10.9 Å². The molecule has 0 amide bonds. The predicted octanol–water partition coefficient (Wildman–Crippen LogP) is 5.14. The highest BCUT2D eigenvalue weighted by Gasteiger charge is 2.34. The van der Waals surface area contributed by atoms with Crippen LogP contribution in [0.5, 0.6) is 0 Å². The summed E-state index contributed by atoms with van der Waals surface area (Å²) >= 11 is 7.14. The molecule has 0 spiro atoms. The van der Waals surface area contributed by atoms with Gasteiger partial charge in [-0.15, -0.1) is 22.9 Å². The molecule has 0 saturated carbocycles. The molecule has 1 heterocycles. The smallest absolute Gasteiger partial charge is 0.369 e. The van der Waals surface area contributed by atoms with Gasteiger partial charge in [-0.05, 0) is 29.1 Å². The molecule has 0 bridgehead atoms. The van der Waals surface area contributed by atoms with Crippen LogP contribution in [0.4, 0.5) is 18.9 Å². The number of nitrogens with zero attached hydrogens (tertiary/aromatic N) is 1. The van der Waals surface area contributed by atoms with Crippen LogP contribution in [-0.4, -0.2) is 7.05 Å². The summed E-state index contributed by atoms with van der Waals surface area (Å²) in [6.45, 7) is 0.445. The summed E-state index contributed by atoms with van der Waals surface area (Å²) in [6.07, 6.45) is -4.39. The number of benzene rings is 1. The zero-order chi connectivity index (χ0) is 14.8. The van der Waals surface area contributed by atoms with Crippen LogP contribution in [0.15, 0.2) is 35.7 Å². The van der Waals surface area contributed by atoms with Gasteiger partial charge in [0.1, 0.15) is 0 Å². The van der Waals surface area contributed by atoms with E-state index in [1.54, 1.807) is 18.0 Å². The van der Waals surface area contributed by atoms with E-state index in [9.17, 15) is 13.2 Å². The van der Waals surface area contributed by atoms with Crippen molar-refractivity contribution in [2.45, 2.75) is 18.6 Å². The quantitative estimate of drug-likeness (QED) is 0.705. The number of alkyl halides is 4. The lowest BCUT2D eigenvalue weighted by Gasteiger charge is -2.23. The lowest BCUT2D eigenvalue weighted by molar-refractivity contribution is -0.137. The van der Waals surface area contributed by atoms with Gasteiger partial charge in [-0.3, -0.25) is 0 Å². The predicted molar refractivity (Wildman–Crippen MR) is 77.4 cm³/mol. The van der Waals surface area contributed by atoms with E-state index >= 15 is 0 Å². The lowest BCUT2D eigenvalue weighted by atomic mass is 10.1. The van der Waals surface area contributed by atoms with Crippen molar-refractivity contribution in [2.24, 2.45) is 0 Å². The van der Waals surface area contributed by atoms with Crippen LogP contribution in [0, 0.1) is 0 Å². The van der Waals surface area contributed by atoms with Gasteiger partial charge >= 0.3 is 6.18 Å². The molecule has 1 aromatic heterocycles. The van der Waals surface area contributed by atoms with Crippen LogP contribution >= 0.6 is 22.9 Å². The van der Waals surface area contributed by atoms with Crippen LogP contribution in [0.3, 0.4) is 0 Å². The second-order valence-corrected chi connectivity index (χ2v) is 5.72. The maximum absolute atomic E-state index is 13.1. The molecule has 0 N–H and O–H groups in total. The van der Waals surface area contributed by atoms with Gasteiger partial charge in [0.05, 0.1) is 12.1 Å². The Morgan fingerprint density at radius 2 is 2.00 bits per heavy atom. The fourth-order valence-corrected chi connectivity index (χ4v) is 2.87. The Kier molecular flexibility index (Phi) is 4.60. The highest BCUT2D eigenvalue weighted by molar-refractivity contribution is 7.09. The van der Waals surface area contributed by atoms with E-state index in [1.807, 2.05) is 17.5 Å². The molecule has 0 unspecified atom stereocenters. The maximum Gasteiger partial charge on any atom is 0.418 e. The van der Waals surface area contributed by atoms with E-state index in [2.05, 4.69) is 0 Å². The van der Waals surface area contributed by atoms with Gasteiger partial charge in [0, 0.05) is 23.5 Å². The second-order valence-electron chi connectivity index (χ2n) is 4.42. The lowest BCUT2D eigenvalue weighted by Crippen LogP contribution is -2.20. The first-order valence-electron chi connectivity index (χ1n) is 5.91. The largest absolute Gasteiger partial charge is 0.418 e. The van der Waals surface area contributed by atoms with Crippen molar-refractivity contribution in [1.82, 2.24) is 0 Å². The molecule has 20 heavy (non-hydrogen) atoms. The first-order valence-corrected chi connectivity index (χ1v) is 7.33. The Hall–Kier alpha value is -1.20. The van der Waals surface area contributed by atoms with Gasteiger partial charge in [0.15, 0.2) is 0 Å². The van der Waals surface area contributed by atoms with Crippen LogP contribution in [0.1, 0.15) is 16.0 Å². The summed E-state index contributed by atoms with van der Waals surface area (Å²) in [6, 6.07) is 8.01. The van der Waals surface area contributed by atoms with Crippen molar-refractivity contribution in [3.8, 4) is 0 Å². The Balaban J connectivity index is 2.34. The zero-order valence-electron chi connectivity index (χ0n) is 10.7. The second kappa shape index (κ2) is 6.06. The topological polar surface area (TPSA) is 3.24 Å². The van der Waals surface area contributed by atoms with Gasteiger partial charge in [0.2, 0.25) is 0 Å². The van der Waals surface area contributed by atoms with Crippen LogP contribution in [0.25, 0.3) is 0 Å². The highest BCUT2D eigenvalue weighted by Crippen LogP contribution is 2.37. The third-order valence-corrected chi connectivity index (χ3v) is 4.07. The van der Waals surface area contributed by atoms with Crippen molar-refractivity contribution in [3.05, 3.63) is 51.7 Å². The molecular formula is C14H13ClF3NS. The molecule has 108 valence electrons. The van der Waals surface area contributed by atoms with Gasteiger partial charge in [-0.2, -0.15) is 13.2 Å². The monoisotopic (exact) mass is 319 g/mol. The molecule has 6 heteroatoms. The van der Waals surface area contributed by atoms with Crippen LogP contribution in [-0.2, 0) is 18.6 Å². The Morgan fingerprint density at radius 3 is 2.55 bits per heavy atom. The first kappa shape index (κ1) is 15.2. The number of hydrogen-bond acceptors (Lipinski definition) is 2. The summed E-state index contributed by atoms with van der Waals surface area (Å²) in [5.41, 5.74) is -0.0123. The Labute approximate surface area is 124 Å². The molecule has 0 aliphatic carbocycles. The Bertz CT molecular complexity index is 566. The maximum atomic E-state index is 13.1. The summed E-state index contributed by atoms with van der Waals surface area (Å²) in [5, 5.41) is 1.91. The first-order chi connectivity index (χ1) is 9.41. The highest BCUT2D eigenvalue weighted by atomic mass is 35.5. The molecule has 0 radical (unpaired) electrons. The summed E-state index contributed by atoms with van der Waals surface area (Å²) in [7, 11) is 1.66. The fraction of sp³-hybridized carbons (Fsp3) is 0.286. The van der Waals surface area contributed by atoms with Gasteiger partial charge in [-0.1, -0.05) is 12.1 Å². The number of halogens is 4. The number of anilines is 1. The van der Waals surface area contributed by atoms with E-state index < -0.39 is 11.7 Å². The van der Waals surface area contributed by atoms with E-state index in [-0.39, 0.29) is 11.6 Å². The average molecular weight is 320 g/mol. The van der Waals surface area contributed by atoms with Crippen molar-refractivity contribution in [1.29, 1.82) is 0 Å². The molecule has 1 aromatic carbocycles. The van der Waals surface area contributed by atoms with Crippen molar-refractivity contribution >= 4 is 28.6 Å². The third-order valence-electron chi connectivity index (χ3n) is 2.91. The minimum atomic E-state index is -4.39. The fourth-order valence-electron chi connectivity index (χ4n) is 1.95. The van der Waals surface area contributed by atoms with Gasteiger partial charge in [-0.25, -0.2) is 0 Å². The van der Waals surface area contributed by atoms with Gasteiger partial charge in [0.25, 0.3) is 0 Å². The molecule has 0 atom stereocenters. The summed E-state index contributed by atoms with van der Waals surface area (Å²) < 4.78 is 39.4. The number of thiophene rings is 1. The molecular weight excluding hydrogens is 307 g/mol. The third kappa shape index (κ3) is 3.46. The van der Waals surface area contributed by atoms with Gasteiger partial charge < -0.3 is 4.90 Å². The normalized spacial score (nSPS) is 11.7. The van der Waals surface area contributed by atoms with Crippen LogP contribution in [0.2, 0.25) is 0 Å². The molecule has 0 aliphatic rings. The SMILES string of the molecule is CN(Cc1cccs1)c1ccc(CCl)cc1C(F)(F)F. The summed E-state index contributed by atoms with van der Waals surface area (Å²) in [4.78, 5) is 2.62. The van der Waals surface area contributed by atoms with Crippen molar-refractivity contribution in [3.63, 3.8) is 0 Å². The Morgan fingerprint density at radius 1 is 1.25 bits per heavy atom. The molecule has 0 fully saturated rings. The van der Waals surface area contributed by atoms with Crippen LogP contribution < -0.4 is 4.90 Å². The van der Waals surface area contributed by atoms with Crippen molar-refractivity contribution in [2.75, 3.05) is 11.9 Å². The molecule has 2 rings (SSSR count). The number of rotatable bonds is 4. The van der Waals surface area contributed by atoms with E-state index in [0.29, 0.717) is 12.1 Å². The van der Waals surface area contributed by atoms with E-state index in [4.69, 9.17) is 11.6 Å². The zero-order valence-corrected chi connectivity index (χ0v) is 12.3. The van der Waals surface area contributed by atoms with Crippen molar-refractivity contribution < 1.29 is 13.2 Å². The molecule has 2 aromatic rings. The minimum Gasteiger partial charge on any atom is -0.369 e. The molecule has 0 saturated heterocycles. The molecule has 0 aliphatic heterocycles. The molecule has 1 nitrogen and oxygen atoms in total. The standard InChI is InChI=1S/C14H13ClF3NS/c1-19(9-11-3-2-6-20-11)13-5-4-10(8-15)7-12(13)14(16,17)18/h2-7H,8-9H2,1H3. The van der Waals surface area contributed by atoms with E-state index in [1.165, 1.54) is 17.4 Å². The minimum absolute atomic E-state index is 0.0675. The summed E-state index contributed by atoms with van der Waals surface area (Å²) in [5.74, 6) is 0.0675.